The number of rotatable bonds is 4. The second-order valence-corrected chi connectivity index (χ2v) is 4.96. The number of hydrogen-bond acceptors (Lipinski definition) is 2. The van der Waals surface area contributed by atoms with Crippen LogP contribution >= 0.6 is 23.2 Å². The predicted octanol–water partition coefficient (Wildman–Crippen LogP) is 4.32. The van der Waals surface area contributed by atoms with E-state index in [0.29, 0.717) is 15.7 Å². The molecule has 2 aromatic carbocycles. The Morgan fingerprint density at radius 3 is 2.40 bits per heavy atom. The summed E-state index contributed by atoms with van der Waals surface area (Å²) in [6, 6.07) is 14.2. The van der Waals surface area contributed by atoms with Crippen molar-refractivity contribution in [2.45, 2.75) is 6.10 Å². The van der Waals surface area contributed by atoms with Gasteiger partial charge in [0.05, 0.1) is 10.0 Å². The van der Waals surface area contributed by atoms with Gasteiger partial charge in [0, 0.05) is 12.8 Å². The molecule has 1 amide bonds. The SMILES string of the molecule is CO[C@@H](C(=O)Nc1ccc(Cl)c(Cl)c1)c1ccccc1. The molecule has 0 aromatic heterocycles. The highest BCUT2D eigenvalue weighted by Crippen LogP contribution is 2.26. The minimum absolute atomic E-state index is 0.267. The van der Waals surface area contributed by atoms with Crippen LogP contribution < -0.4 is 5.32 Å². The average Bonchev–Trinajstić information content (AvgIpc) is 2.45. The second-order valence-electron chi connectivity index (χ2n) is 4.14. The molecule has 0 unspecified atom stereocenters. The van der Waals surface area contributed by atoms with E-state index in [9.17, 15) is 4.79 Å². The number of amides is 1. The van der Waals surface area contributed by atoms with Crippen LogP contribution in [0.1, 0.15) is 11.7 Å². The summed E-state index contributed by atoms with van der Waals surface area (Å²) in [6.07, 6.45) is -0.675. The Kier molecular flexibility index (Phi) is 5.01. The molecule has 104 valence electrons. The van der Waals surface area contributed by atoms with Crippen molar-refractivity contribution in [1.29, 1.82) is 0 Å². The van der Waals surface area contributed by atoms with E-state index in [1.165, 1.54) is 7.11 Å². The summed E-state index contributed by atoms with van der Waals surface area (Å²) in [5.41, 5.74) is 1.36. The van der Waals surface area contributed by atoms with Crippen LogP contribution in [0.5, 0.6) is 0 Å². The Labute approximate surface area is 127 Å². The Bertz CT molecular complexity index is 602. The number of nitrogens with one attached hydrogen (secondary N) is 1. The Hall–Kier alpha value is -1.55. The zero-order valence-corrected chi connectivity index (χ0v) is 12.3. The summed E-state index contributed by atoms with van der Waals surface area (Å²) in [5.74, 6) is -0.267. The maximum absolute atomic E-state index is 12.2. The highest BCUT2D eigenvalue weighted by atomic mass is 35.5. The van der Waals surface area contributed by atoms with Crippen molar-refractivity contribution in [1.82, 2.24) is 0 Å². The fraction of sp³-hybridized carbons (Fsp3) is 0.133. The van der Waals surface area contributed by atoms with E-state index in [-0.39, 0.29) is 5.91 Å². The first-order chi connectivity index (χ1) is 9.61. The smallest absolute Gasteiger partial charge is 0.258 e. The number of hydrogen-bond donors (Lipinski definition) is 1. The van der Waals surface area contributed by atoms with E-state index in [0.717, 1.165) is 5.56 Å². The summed E-state index contributed by atoms with van der Waals surface area (Å²) in [6.45, 7) is 0. The lowest BCUT2D eigenvalue weighted by atomic mass is 10.1. The molecule has 20 heavy (non-hydrogen) atoms. The zero-order chi connectivity index (χ0) is 14.5. The molecular formula is C15H13Cl2NO2. The lowest BCUT2D eigenvalue weighted by Crippen LogP contribution is -2.22. The van der Waals surface area contributed by atoms with Crippen LogP contribution in [0.4, 0.5) is 5.69 Å². The van der Waals surface area contributed by atoms with Crippen LogP contribution in [0.25, 0.3) is 0 Å². The van der Waals surface area contributed by atoms with Gasteiger partial charge in [0.2, 0.25) is 0 Å². The van der Waals surface area contributed by atoms with Gasteiger partial charge < -0.3 is 10.1 Å². The minimum Gasteiger partial charge on any atom is -0.367 e. The molecule has 2 aromatic rings. The summed E-state index contributed by atoms with van der Waals surface area (Å²) in [7, 11) is 1.49. The van der Waals surface area contributed by atoms with Gasteiger partial charge >= 0.3 is 0 Å². The standard InChI is InChI=1S/C15H13Cl2NO2/c1-20-14(10-5-3-2-4-6-10)15(19)18-11-7-8-12(16)13(17)9-11/h2-9,14H,1H3,(H,18,19)/t14-/m1/s1. The number of carbonyl (C=O) groups excluding carboxylic acids is 1. The zero-order valence-electron chi connectivity index (χ0n) is 10.8. The van der Waals surface area contributed by atoms with Gasteiger partial charge in [-0.2, -0.15) is 0 Å². The van der Waals surface area contributed by atoms with Crippen molar-refractivity contribution in [3.63, 3.8) is 0 Å². The number of anilines is 1. The molecule has 0 saturated carbocycles. The highest BCUT2D eigenvalue weighted by molar-refractivity contribution is 6.42. The molecule has 5 heteroatoms. The molecule has 0 radical (unpaired) electrons. The lowest BCUT2D eigenvalue weighted by molar-refractivity contribution is -0.126. The number of halogens is 2. The summed E-state index contributed by atoms with van der Waals surface area (Å²) >= 11 is 11.7. The van der Waals surface area contributed by atoms with Crippen molar-refractivity contribution in [3.05, 3.63) is 64.1 Å². The van der Waals surface area contributed by atoms with Crippen LogP contribution in [-0.2, 0) is 9.53 Å². The third kappa shape index (κ3) is 3.51. The first kappa shape index (κ1) is 14.9. The van der Waals surface area contributed by atoms with Crippen molar-refractivity contribution in [2.75, 3.05) is 12.4 Å². The fourth-order valence-corrected chi connectivity index (χ4v) is 2.10. The van der Waals surface area contributed by atoms with E-state index in [1.54, 1.807) is 18.2 Å². The first-order valence-electron chi connectivity index (χ1n) is 5.95. The summed E-state index contributed by atoms with van der Waals surface area (Å²) in [4.78, 5) is 12.2. The molecule has 2 rings (SSSR count). The second kappa shape index (κ2) is 6.75. The Morgan fingerprint density at radius 2 is 1.80 bits per heavy atom. The molecule has 1 N–H and O–H groups in total. The molecular weight excluding hydrogens is 297 g/mol. The quantitative estimate of drug-likeness (QED) is 0.913. The van der Waals surface area contributed by atoms with Crippen LogP contribution in [0.3, 0.4) is 0 Å². The van der Waals surface area contributed by atoms with Crippen LogP contribution in [0.2, 0.25) is 10.0 Å². The molecule has 3 nitrogen and oxygen atoms in total. The largest absolute Gasteiger partial charge is 0.367 e. The van der Waals surface area contributed by atoms with E-state index < -0.39 is 6.10 Å². The van der Waals surface area contributed by atoms with E-state index >= 15 is 0 Å². The number of ether oxygens (including phenoxy) is 1. The van der Waals surface area contributed by atoms with Gasteiger partial charge in [-0.05, 0) is 23.8 Å². The lowest BCUT2D eigenvalue weighted by Gasteiger charge is -2.15. The third-order valence-electron chi connectivity index (χ3n) is 2.76. The van der Waals surface area contributed by atoms with Gasteiger partial charge in [0.15, 0.2) is 6.10 Å². The van der Waals surface area contributed by atoms with Gasteiger partial charge in [-0.25, -0.2) is 0 Å². The van der Waals surface area contributed by atoms with E-state index in [1.807, 2.05) is 30.3 Å². The Balaban J connectivity index is 2.15. The minimum atomic E-state index is -0.675. The topological polar surface area (TPSA) is 38.3 Å². The third-order valence-corrected chi connectivity index (χ3v) is 3.50. The monoisotopic (exact) mass is 309 g/mol. The molecule has 0 bridgehead atoms. The molecule has 0 aliphatic heterocycles. The summed E-state index contributed by atoms with van der Waals surface area (Å²) in [5, 5.41) is 3.58. The average molecular weight is 310 g/mol. The van der Waals surface area contributed by atoms with Crippen molar-refractivity contribution in [3.8, 4) is 0 Å². The molecule has 0 spiro atoms. The number of carbonyl (C=O) groups is 1. The van der Waals surface area contributed by atoms with E-state index in [4.69, 9.17) is 27.9 Å². The highest BCUT2D eigenvalue weighted by Gasteiger charge is 2.19. The molecule has 0 aliphatic carbocycles. The Morgan fingerprint density at radius 1 is 1.10 bits per heavy atom. The normalized spacial score (nSPS) is 11.9. The molecule has 0 fully saturated rings. The van der Waals surface area contributed by atoms with Gasteiger partial charge in [-0.3, -0.25) is 4.79 Å². The van der Waals surface area contributed by atoms with Crippen LogP contribution in [0.15, 0.2) is 48.5 Å². The maximum Gasteiger partial charge on any atom is 0.258 e. The molecule has 0 aliphatic rings. The van der Waals surface area contributed by atoms with E-state index in [2.05, 4.69) is 5.32 Å². The van der Waals surface area contributed by atoms with Gasteiger partial charge in [0.1, 0.15) is 0 Å². The first-order valence-corrected chi connectivity index (χ1v) is 6.71. The van der Waals surface area contributed by atoms with Crippen molar-refractivity contribution in [2.24, 2.45) is 0 Å². The molecule has 0 heterocycles. The van der Waals surface area contributed by atoms with Gasteiger partial charge in [0.25, 0.3) is 5.91 Å². The summed E-state index contributed by atoms with van der Waals surface area (Å²) < 4.78 is 5.25. The van der Waals surface area contributed by atoms with Gasteiger partial charge in [-0.1, -0.05) is 53.5 Å². The number of methoxy groups -OCH3 is 1. The van der Waals surface area contributed by atoms with Crippen LogP contribution in [-0.4, -0.2) is 13.0 Å². The predicted molar refractivity (Wildman–Crippen MR) is 81.3 cm³/mol. The van der Waals surface area contributed by atoms with Crippen molar-refractivity contribution >= 4 is 34.8 Å². The maximum atomic E-state index is 12.2. The number of benzene rings is 2. The van der Waals surface area contributed by atoms with Crippen LogP contribution in [0, 0.1) is 0 Å². The van der Waals surface area contributed by atoms with Crippen molar-refractivity contribution < 1.29 is 9.53 Å². The van der Waals surface area contributed by atoms with Gasteiger partial charge in [-0.15, -0.1) is 0 Å². The molecule has 0 saturated heterocycles. The molecule has 1 atom stereocenters. The fourth-order valence-electron chi connectivity index (χ4n) is 1.80.